The lowest BCUT2D eigenvalue weighted by Crippen LogP contribution is -2.56. The number of carbonyl (C=O) groups is 7. The van der Waals surface area contributed by atoms with Gasteiger partial charge in [-0.15, -0.1) is 11.3 Å². The second kappa shape index (κ2) is 11.2. The van der Waals surface area contributed by atoms with Crippen LogP contribution in [0.1, 0.15) is 58.7 Å². The van der Waals surface area contributed by atoms with E-state index >= 15 is 0 Å². The van der Waals surface area contributed by atoms with Gasteiger partial charge < -0.3 is 30.6 Å². The van der Waals surface area contributed by atoms with Crippen LogP contribution < -0.4 is 5.73 Å². The molecule has 2 saturated heterocycles. The maximum atomic E-state index is 13.5. The Labute approximate surface area is 261 Å². The number of hydrogen-bond donors (Lipinski definition) is 4. The molecular formula is C27H25N5O13S. The number of nitrogens with two attached hydrogens (primary N) is 1. The molecule has 242 valence electrons. The number of benzene rings is 1. The second-order valence-corrected chi connectivity index (χ2v) is 12.0. The van der Waals surface area contributed by atoms with Crippen molar-refractivity contribution in [1.29, 1.82) is 0 Å². The Balaban J connectivity index is 1.37. The Morgan fingerprint density at radius 2 is 1.83 bits per heavy atom. The van der Waals surface area contributed by atoms with Gasteiger partial charge in [-0.05, 0) is 38.5 Å². The number of phenols is 1. The number of cyclic esters (lactones) is 1. The highest BCUT2D eigenvalue weighted by molar-refractivity contribution is 7.13. The van der Waals surface area contributed by atoms with Gasteiger partial charge in [0.2, 0.25) is 5.60 Å². The molecule has 1 aromatic heterocycles. The van der Waals surface area contributed by atoms with Crippen LogP contribution in [0.25, 0.3) is 0 Å². The number of hydrogen-bond acceptors (Lipinski definition) is 15. The average molecular weight is 660 g/mol. The summed E-state index contributed by atoms with van der Waals surface area (Å²) in [7, 11) is 0. The molecule has 3 atom stereocenters. The van der Waals surface area contributed by atoms with Crippen LogP contribution in [0, 0.1) is 12.8 Å². The highest BCUT2D eigenvalue weighted by Crippen LogP contribution is 2.41. The number of carbonyl (C=O) groups excluding carboxylic acids is 5. The molecule has 1 unspecified atom stereocenters. The number of esters is 1. The van der Waals surface area contributed by atoms with Crippen LogP contribution in [-0.4, -0.2) is 101 Å². The van der Waals surface area contributed by atoms with E-state index in [4.69, 9.17) is 20.1 Å². The summed E-state index contributed by atoms with van der Waals surface area (Å²) >= 11 is 0.945. The van der Waals surface area contributed by atoms with Crippen molar-refractivity contribution >= 4 is 63.6 Å². The molecule has 0 bridgehead atoms. The standard InChI is InChI=1S/C27H25N5O13S/c1-10-4-12-13(6-16(10)33)21(37)31(20(12)36)15-7-27(24(41)42,44-22(15)38)32-19(35)11(8-43-32)5-17(34)18(14-9-46-25(28)29-14)30-45-26(2,3)23(39)40/h4,6,9,11,15,33H,5,7-8H2,1-3H3,(H2,28,29)(H,39,40)(H,41,42)/b30-18-/t11-,15+,27?/m0/s1. The number of oxime groups is 1. The average Bonchev–Trinajstić information content (AvgIpc) is 3.71. The first-order chi connectivity index (χ1) is 21.5. The maximum Gasteiger partial charge on any atom is 0.372 e. The van der Waals surface area contributed by atoms with E-state index in [1.807, 2.05) is 0 Å². The van der Waals surface area contributed by atoms with Crippen LogP contribution in [0.5, 0.6) is 5.75 Å². The lowest BCUT2D eigenvalue weighted by molar-refractivity contribution is -0.256. The number of nitrogen functional groups attached to an aromatic ring is 1. The van der Waals surface area contributed by atoms with E-state index in [9.17, 15) is 48.9 Å². The number of Topliss-reactive ketones (excluding diaryl/α,β-unsaturated/α-hetero) is 1. The third-order valence-corrected chi connectivity index (χ3v) is 8.19. The summed E-state index contributed by atoms with van der Waals surface area (Å²) in [4.78, 5) is 105. The van der Waals surface area contributed by atoms with Crippen molar-refractivity contribution in [3.05, 3.63) is 39.9 Å². The molecular weight excluding hydrogens is 634 g/mol. The molecule has 46 heavy (non-hydrogen) atoms. The monoisotopic (exact) mass is 659 g/mol. The molecule has 0 radical (unpaired) electrons. The van der Waals surface area contributed by atoms with Crippen molar-refractivity contribution < 1.29 is 63.3 Å². The van der Waals surface area contributed by atoms with Crippen LogP contribution in [-0.2, 0) is 38.4 Å². The van der Waals surface area contributed by atoms with E-state index in [1.165, 1.54) is 32.2 Å². The number of nitrogens with zero attached hydrogens (tertiary/aromatic N) is 4. The number of imide groups is 1. The number of carboxylic acids is 2. The first kappa shape index (κ1) is 32.0. The number of phenolic OH excluding ortho intramolecular Hbond substituents is 1. The van der Waals surface area contributed by atoms with E-state index in [0.29, 0.717) is 4.90 Å². The van der Waals surface area contributed by atoms with Crippen molar-refractivity contribution in [2.75, 3.05) is 12.3 Å². The number of anilines is 1. The Kier molecular flexibility index (Phi) is 7.77. The first-order valence-electron chi connectivity index (χ1n) is 13.4. The normalized spacial score (nSPS) is 23.2. The molecule has 0 spiro atoms. The summed E-state index contributed by atoms with van der Waals surface area (Å²) in [5.41, 5.74) is 0.377. The Hall–Kier alpha value is -5.43. The van der Waals surface area contributed by atoms with Crippen molar-refractivity contribution in [3.8, 4) is 5.75 Å². The van der Waals surface area contributed by atoms with E-state index < -0.39 is 89.9 Å². The smallest absolute Gasteiger partial charge is 0.372 e. The second-order valence-electron chi connectivity index (χ2n) is 11.1. The number of amides is 3. The summed E-state index contributed by atoms with van der Waals surface area (Å²) in [5.74, 6) is -10.1. The number of fused-ring (bicyclic) bond motifs is 1. The number of thiazole rings is 1. The minimum atomic E-state index is -2.82. The molecule has 5 rings (SSSR count). The number of rotatable bonds is 10. The Morgan fingerprint density at radius 3 is 2.41 bits per heavy atom. The lowest BCUT2D eigenvalue weighted by Gasteiger charge is -2.31. The van der Waals surface area contributed by atoms with Crippen LogP contribution in [0.3, 0.4) is 0 Å². The van der Waals surface area contributed by atoms with Gasteiger partial charge in [0.05, 0.1) is 30.1 Å². The molecule has 2 aromatic rings. The van der Waals surface area contributed by atoms with Gasteiger partial charge in [-0.2, -0.15) is 5.06 Å². The van der Waals surface area contributed by atoms with E-state index in [1.54, 1.807) is 0 Å². The molecule has 3 amide bonds. The fourth-order valence-corrected chi connectivity index (χ4v) is 5.44. The SMILES string of the molecule is Cc1cc2c(cc1O)C(=O)N([C@@H]1CC(C(=O)O)(N3OC[C@H](CC(=O)/C(=N\OC(C)(C)C(=O)O)c4csc(N)n4)C3=O)OC1=O)C2=O. The zero-order valence-corrected chi connectivity index (χ0v) is 25.0. The molecule has 2 fully saturated rings. The zero-order valence-electron chi connectivity index (χ0n) is 24.2. The number of aryl methyl sites for hydroxylation is 1. The van der Waals surface area contributed by atoms with Gasteiger partial charge in [-0.1, -0.05) is 5.16 Å². The molecule has 18 nitrogen and oxygen atoms in total. The van der Waals surface area contributed by atoms with Gasteiger partial charge in [-0.3, -0.25) is 28.9 Å². The summed E-state index contributed by atoms with van der Waals surface area (Å²) in [6, 6.07) is 0.511. The molecule has 5 N–H and O–H groups in total. The molecule has 0 aliphatic carbocycles. The van der Waals surface area contributed by atoms with Gasteiger partial charge in [0.15, 0.2) is 16.6 Å². The van der Waals surface area contributed by atoms with E-state index in [-0.39, 0.29) is 38.3 Å². The third-order valence-electron chi connectivity index (χ3n) is 7.51. The van der Waals surface area contributed by atoms with Gasteiger partial charge >= 0.3 is 23.6 Å². The Morgan fingerprint density at radius 1 is 1.17 bits per heavy atom. The number of carboxylic acid groups (broad SMARTS) is 2. The number of hydroxylamine groups is 2. The summed E-state index contributed by atoms with van der Waals surface area (Å²) < 4.78 is 5.14. The van der Waals surface area contributed by atoms with Gasteiger partial charge in [0.25, 0.3) is 17.7 Å². The quantitative estimate of drug-likeness (QED) is 0.114. The van der Waals surface area contributed by atoms with Crippen molar-refractivity contribution in [3.63, 3.8) is 0 Å². The minimum absolute atomic E-state index is 0.0467. The zero-order chi connectivity index (χ0) is 33.9. The molecule has 3 aliphatic heterocycles. The van der Waals surface area contributed by atoms with Gasteiger partial charge in [-0.25, -0.2) is 19.4 Å². The summed E-state index contributed by atoms with van der Waals surface area (Å²) in [6.45, 7) is 3.28. The maximum absolute atomic E-state index is 13.5. The fourth-order valence-electron chi connectivity index (χ4n) is 4.90. The molecule has 3 aliphatic rings. The molecule has 1 aromatic carbocycles. The highest BCUT2D eigenvalue weighted by Gasteiger charge is 2.65. The highest BCUT2D eigenvalue weighted by atomic mass is 32.1. The number of ketones is 1. The lowest BCUT2D eigenvalue weighted by atomic mass is 9.98. The van der Waals surface area contributed by atoms with Crippen LogP contribution in [0.2, 0.25) is 0 Å². The largest absolute Gasteiger partial charge is 0.508 e. The van der Waals surface area contributed by atoms with Gasteiger partial charge in [0.1, 0.15) is 17.5 Å². The van der Waals surface area contributed by atoms with Crippen molar-refractivity contribution in [1.82, 2.24) is 14.9 Å². The Bertz CT molecular complexity index is 1730. The number of aromatic nitrogens is 1. The minimum Gasteiger partial charge on any atom is -0.508 e. The first-order valence-corrected chi connectivity index (χ1v) is 14.3. The number of aromatic hydroxyl groups is 1. The number of aliphatic carboxylic acids is 2. The third kappa shape index (κ3) is 5.17. The van der Waals surface area contributed by atoms with Crippen molar-refractivity contribution in [2.24, 2.45) is 11.1 Å². The summed E-state index contributed by atoms with van der Waals surface area (Å²) in [6.07, 6.45) is -1.57. The molecule has 4 heterocycles. The van der Waals surface area contributed by atoms with Crippen LogP contribution in [0.15, 0.2) is 22.7 Å². The molecule has 19 heteroatoms. The number of ether oxygens (including phenoxy) is 1. The van der Waals surface area contributed by atoms with Crippen LogP contribution in [0.4, 0.5) is 5.13 Å². The van der Waals surface area contributed by atoms with E-state index in [0.717, 1.165) is 17.4 Å². The molecule has 0 saturated carbocycles. The van der Waals surface area contributed by atoms with Crippen LogP contribution >= 0.6 is 11.3 Å². The van der Waals surface area contributed by atoms with Crippen molar-refractivity contribution in [2.45, 2.75) is 51.0 Å². The predicted molar refractivity (Wildman–Crippen MR) is 150 cm³/mol. The van der Waals surface area contributed by atoms with Gasteiger partial charge in [0, 0.05) is 11.8 Å². The topological polar surface area (TPSA) is 266 Å². The fraction of sp³-hybridized carbons (Fsp3) is 0.370. The van der Waals surface area contributed by atoms with E-state index in [2.05, 4.69) is 10.1 Å². The predicted octanol–water partition coefficient (Wildman–Crippen LogP) is 0.0650. The summed E-state index contributed by atoms with van der Waals surface area (Å²) in [5, 5.41) is 34.8.